The van der Waals surface area contributed by atoms with Crippen molar-refractivity contribution < 1.29 is 29.2 Å². The first kappa shape index (κ1) is 26.1. The predicted molar refractivity (Wildman–Crippen MR) is 126 cm³/mol. The smallest absolute Gasteiger partial charge is 0.191 e. The lowest BCUT2D eigenvalue weighted by Gasteiger charge is -2.37. The Balaban J connectivity index is 1.96. The maximum Gasteiger partial charge on any atom is 0.191 e. The van der Waals surface area contributed by atoms with Crippen molar-refractivity contribution in [2.24, 2.45) is 0 Å². The highest BCUT2D eigenvalue weighted by Gasteiger charge is 2.36. The van der Waals surface area contributed by atoms with Gasteiger partial charge in [0.25, 0.3) is 0 Å². The summed E-state index contributed by atoms with van der Waals surface area (Å²) in [4.78, 5) is 11.5. The Morgan fingerprint density at radius 2 is 1.75 bits per heavy atom. The predicted octanol–water partition coefficient (Wildman–Crippen LogP) is 2.70. The molecule has 7 heteroatoms. The second-order valence-electron chi connectivity index (χ2n) is 8.84. The molecule has 0 aliphatic rings. The van der Waals surface area contributed by atoms with E-state index in [4.69, 9.17) is 14.2 Å². The van der Waals surface area contributed by atoms with Gasteiger partial charge < -0.3 is 24.4 Å². The molecule has 0 saturated heterocycles. The molecule has 2 aromatic rings. The molecule has 1 radical (unpaired) electrons. The minimum atomic E-state index is -1.04. The Hall–Kier alpha value is -2.19. The standard InChI is InChI=1S/C25H34BO6/c1-18(30-15-19-10-7-6-8-11-19)21(28)16-31-22-13-9-12-20(14-27)23(22)26-17-32-25(4,5)24(2,3)29/h6-14,18,21,28-29H,15-17H2,1-5H3. The number of rotatable bonds is 13. The second kappa shape index (κ2) is 11.6. The van der Waals surface area contributed by atoms with Gasteiger partial charge in [0.15, 0.2) is 7.28 Å². The molecule has 2 N–H and O–H groups in total. The van der Waals surface area contributed by atoms with Crippen LogP contribution in [0.2, 0.25) is 0 Å². The van der Waals surface area contributed by atoms with E-state index in [1.165, 1.54) is 0 Å². The molecule has 0 bridgehead atoms. The second-order valence-corrected chi connectivity index (χ2v) is 8.84. The van der Waals surface area contributed by atoms with Crippen LogP contribution >= 0.6 is 0 Å². The summed E-state index contributed by atoms with van der Waals surface area (Å²) in [7, 11) is 1.74. The summed E-state index contributed by atoms with van der Waals surface area (Å²) in [5.41, 5.74) is 0.235. The van der Waals surface area contributed by atoms with Gasteiger partial charge >= 0.3 is 0 Å². The molecular weight excluding hydrogens is 407 g/mol. The molecular formula is C25H34BO6. The Morgan fingerprint density at radius 1 is 1.06 bits per heavy atom. The van der Waals surface area contributed by atoms with Crippen LogP contribution in [0.5, 0.6) is 5.75 Å². The van der Waals surface area contributed by atoms with Gasteiger partial charge in [0.1, 0.15) is 24.7 Å². The zero-order chi connectivity index (χ0) is 23.8. The molecule has 32 heavy (non-hydrogen) atoms. The van der Waals surface area contributed by atoms with Gasteiger partial charge in [-0.15, -0.1) is 0 Å². The van der Waals surface area contributed by atoms with Crippen molar-refractivity contribution >= 4 is 19.0 Å². The maximum atomic E-state index is 11.5. The first-order valence-corrected chi connectivity index (χ1v) is 10.8. The average Bonchev–Trinajstić information content (AvgIpc) is 2.76. The molecule has 6 nitrogen and oxygen atoms in total. The third kappa shape index (κ3) is 7.45. The number of aliphatic hydroxyl groups is 2. The SMILES string of the molecule is CC(OCc1ccccc1)C(O)COc1cccc(C=O)c1[B]COC(C)(C)C(C)(C)O. The van der Waals surface area contributed by atoms with Crippen molar-refractivity contribution in [2.75, 3.05) is 13.1 Å². The number of benzene rings is 2. The molecule has 0 spiro atoms. The highest BCUT2D eigenvalue weighted by Crippen LogP contribution is 2.24. The average molecular weight is 441 g/mol. The third-order valence-corrected chi connectivity index (χ3v) is 5.74. The lowest BCUT2D eigenvalue weighted by molar-refractivity contribution is -0.135. The van der Waals surface area contributed by atoms with Crippen LogP contribution in [0.4, 0.5) is 0 Å². The number of aldehydes is 1. The Kier molecular flexibility index (Phi) is 9.46. The first-order valence-electron chi connectivity index (χ1n) is 10.8. The van der Waals surface area contributed by atoms with Crippen molar-refractivity contribution in [3.05, 3.63) is 59.7 Å². The zero-order valence-electron chi connectivity index (χ0n) is 19.6. The molecule has 2 atom stereocenters. The summed E-state index contributed by atoms with van der Waals surface area (Å²) in [6.45, 7) is 9.35. The van der Waals surface area contributed by atoms with Crippen LogP contribution in [-0.2, 0) is 16.1 Å². The molecule has 0 saturated carbocycles. The monoisotopic (exact) mass is 441 g/mol. The molecule has 0 aliphatic carbocycles. The van der Waals surface area contributed by atoms with E-state index < -0.39 is 23.4 Å². The number of carbonyl (C=O) groups excluding carboxylic acids is 1. The van der Waals surface area contributed by atoms with Crippen LogP contribution in [0.1, 0.15) is 50.5 Å². The molecule has 173 valence electrons. The van der Waals surface area contributed by atoms with E-state index in [2.05, 4.69) is 0 Å². The van der Waals surface area contributed by atoms with Crippen LogP contribution in [0.3, 0.4) is 0 Å². The maximum absolute atomic E-state index is 11.5. The molecule has 0 heterocycles. The van der Waals surface area contributed by atoms with E-state index in [1.807, 2.05) is 30.3 Å². The zero-order valence-corrected chi connectivity index (χ0v) is 19.6. The lowest BCUT2D eigenvalue weighted by atomic mass is 9.68. The van der Waals surface area contributed by atoms with E-state index in [0.717, 1.165) is 11.8 Å². The number of aliphatic hydroxyl groups excluding tert-OH is 1. The van der Waals surface area contributed by atoms with Crippen LogP contribution in [0.15, 0.2) is 48.5 Å². The Labute approximate surface area is 191 Å². The largest absolute Gasteiger partial charge is 0.491 e. The van der Waals surface area contributed by atoms with Crippen LogP contribution in [-0.4, -0.2) is 60.3 Å². The topological polar surface area (TPSA) is 85.2 Å². The minimum absolute atomic E-state index is 0.00906. The van der Waals surface area contributed by atoms with Gasteiger partial charge in [0, 0.05) is 12.1 Å². The van der Waals surface area contributed by atoms with Gasteiger partial charge in [-0.3, -0.25) is 4.79 Å². The number of carbonyl (C=O) groups is 1. The van der Waals surface area contributed by atoms with Gasteiger partial charge in [0.05, 0.1) is 23.9 Å². The van der Waals surface area contributed by atoms with Crippen LogP contribution < -0.4 is 10.2 Å². The normalized spacial score (nSPS) is 14.0. The van der Waals surface area contributed by atoms with E-state index in [1.54, 1.807) is 60.1 Å². The highest BCUT2D eigenvalue weighted by atomic mass is 16.5. The van der Waals surface area contributed by atoms with Gasteiger partial charge in [-0.25, -0.2) is 0 Å². The lowest BCUT2D eigenvalue weighted by Crippen LogP contribution is -2.48. The summed E-state index contributed by atoms with van der Waals surface area (Å²) in [5, 5.41) is 20.7. The van der Waals surface area contributed by atoms with E-state index in [0.29, 0.717) is 23.4 Å². The number of hydrogen-bond acceptors (Lipinski definition) is 6. The first-order chi connectivity index (χ1) is 15.0. The summed E-state index contributed by atoms with van der Waals surface area (Å²) in [6, 6.07) is 14.9. The molecule has 0 fully saturated rings. The molecule has 0 aliphatic heterocycles. The van der Waals surface area contributed by atoms with Crippen molar-refractivity contribution in [1.29, 1.82) is 0 Å². The van der Waals surface area contributed by atoms with E-state index in [-0.39, 0.29) is 13.1 Å². The van der Waals surface area contributed by atoms with Crippen molar-refractivity contribution in [3.8, 4) is 5.75 Å². The molecule has 2 aromatic carbocycles. The van der Waals surface area contributed by atoms with Crippen molar-refractivity contribution in [1.82, 2.24) is 0 Å². The summed E-state index contributed by atoms with van der Waals surface area (Å²) in [6.07, 6.45) is -0.536. The fourth-order valence-corrected chi connectivity index (χ4v) is 2.74. The van der Waals surface area contributed by atoms with E-state index in [9.17, 15) is 15.0 Å². The molecule has 2 unspecified atom stereocenters. The Morgan fingerprint density at radius 3 is 2.38 bits per heavy atom. The van der Waals surface area contributed by atoms with Gasteiger partial charge in [-0.05, 0) is 51.7 Å². The van der Waals surface area contributed by atoms with Gasteiger partial charge in [-0.1, -0.05) is 42.5 Å². The van der Waals surface area contributed by atoms with Gasteiger partial charge in [-0.2, -0.15) is 0 Å². The van der Waals surface area contributed by atoms with E-state index >= 15 is 0 Å². The number of ether oxygens (including phenoxy) is 3. The quantitative estimate of drug-likeness (QED) is 0.367. The molecule has 0 aromatic heterocycles. The number of hydrogen-bond donors (Lipinski definition) is 2. The fourth-order valence-electron chi connectivity index (χ4n) is 2.74. The molecule has 0 amide bonds. The van der Waals surface area contributed by atoms with Crippen molar-refractivity contribution in [2.45, 2.75) is 64.6 Å². The van der Waals surface area contributed by atoms with Gasteiger partial charge in [0.2, 0.25) is 0 Å². The third-order valence-electron chi connectivity index (χ3n) is 5.74. The fraction of sp³-hybridized carbons (Fsp3) is 0.480. The summed E-state index contributed by atoms with van der Waals surface area (Å²) < 4.78 is 17.4. The minimum Gasteiger partial charge on any atom is -0.491 e. The van der Waals surface area contributed by atoms with Crippen LogP contribution in [0, 0.1) is 0 Å². The summed E-state index contributed by atoms with van der Waals surface area (Å²) in [5.74, 6) is 0.466. The Bertz CT molecular complexity index is 847. The van der Waals surface area contributed by atoms with Crippen LogP contribution in [0.25, 0.3) is 0 Å². The highest BCUT2D eigenvalue weighted by molar-refractivity contribution is 6.56. The van der Waals surface area contributed by atoms with Crippen molar-refractivity contribution in [3.63, 3.8) is 0 Å². The molecule has 2 rings (SSSR count). The summed E-state index contributed by atoms with van der Waals surface area (Å²) >= 11 is 0.